The molecule has 41 heavy (non-hydrogen) atoms. The Morgan fingerprint density at radius 3 is 2.54 bits per heavy atom. The molecule has 6 rings (SSSR count). The molecule has 2 atom stereocenters. The Balaban J connectivity index is 1.51. The third kappa shape index (κ3) is 4.49. The lowest BCUT2D eigenvalue weighted by molar-refractivity contribution is 0.0377. The third-order valence-electron chi connectivity index (χ3n) is 7.52. The van der Waals surface area contributed by atoms with Gasteiger partial charge in [0.05, 0.1) is 24.0 Å². The van der Waals surface area contributed by atoms with Gasteiger partial charge in [-0.25, -0.2) is 4.79 Å². The van der Waals surface area contributed by atoms with E-state index in [1.54, 1.807) is 28.9 Å². The topological polar surface area (TPSA) is 109 Å². The molecule has 0 radical (unpaired) electrons. The molecule has 0 fully saturated rings. The molecular formula is C30H30ClN7O3. The highest BCUT2D eigenvalue weighted by Crippen LogP contribution is 2.46. The van der Waals surface area contributed by atoms with Gasteiger partial charge in [-0.15, -0.1) is 0 Å². The normalized spacial score (nSPS) is 17.4. The second-order valence-corrected chi connectivity index (χ2v) is 11.0. The first-order valence-electron chi connectivity index (χ1n) is 13.3. The van der Waals surface area contributed by atoms with Crippen LogP contribution in [-0.2, 0) is 10.3 Å². The molecule has 0 spiro atoms. The van der Waals surface area contributed by atoms with E-state index in [0.29, 0.717) is 40.0 Å². The maximum absolute atomic E-state index is 12.7. The number of tetrazole rings is 1. The van der Waals surface area contributed by atoms with E-state index in [9.17, 15) is 9.90 Å². The first-order valence-corrected chi connectivity index (χ1v) is 13.7. The monoisotopic (exact) mass is 571 g/mol. The number of fused-ring (bicyclic) bond motifs is 2. The zero-order chi connectivity index (χ0) is 28.9. The first kappa shape index (κ1) is 26.8. The highest BCUT2D eigenvalue weighted by molar-refractivity contribution is 6.30. The van der Waals surface area contributed by atoms with E-state index in [1.165, 1.54) is 0 Å². The number of hydrogen-bond donors (Lipinski definition) is 2. The van der Waals surface area contributed by atoms with Crippen LogP contribution in [0.15, 0.2) is 78.6 Å². The standard InChI is InChI=1S/C30H30ClN7O3/c1-18(2)41-28(39)19-8-10-21(11-9-19)30(40,26-16-32-17-36(26)3)22-12-13-25-24(15-22)27(20-6-5-7-23(31)14-20)38-29(37(25)4)33-34-35-38/h5-16,18,27,32,40H,17H2,1-4H3. The predicted molar refractivity (Wildman–Crippen MR) is 155 cm³/mol. The minimum Gasteiger partial charge on any atom is -0.459 e. The van der Waals surface area contributed by atoms with Crippen LogP contribution in [0.2, 0.25) is 5.02 Å². The number of aromatic nitrogens is 4. The second-order valence-electron chi connectivity index (χ2n) is 10.5. The van der Waals surface area contributed by atoms with E-state index in [4.69, 9.17) is 16.3 Å². The number of anilines is 2. The van der Waals surface area contributed by atoms with Gasteiger partial charge in [-0.3, -0.25) is 0 Å². The zero-order valence-electron chi connectivity index (χ0n) is 23.1. The molecule has 11 heteroatoms. The third-order valence-corrected chi connectivity index (χ3v) is 7.75. The van der Waals surface area contributed by atoms with Gasteiger partial charge < -0.3 is 25.0 Å². The van der Waals surface area contributed by atoms with E-state index < -0.39 is 11.6 Å². The van der Waals surface area contributed by atoms with Gasteiger partial charge in [0.15, 0.2) is 5.60 Å². The second kappa shape index (κ2) is 10.2. The van der Waals surface area contributed by atoms with Crippen molar-refractivity contribution in [2.75, 3.05) is 25.7 Å². The summed E-state index contributed by atoms with van der Waals surface area (Å²) in [6.07, 6.45) is 1.59. The maximum Gasteiger partial charge on any atom is 0.338 e. The summed E-state index contributed by atoms with van der Waals surface area (Å²) in [6, 6.07) is 20.0. The number of carbonyl (C=O) groups excluding carboxylic acids is 1. The Morgan fingerprint density at radius 2 is 1.85 bits per heavy atom. The highest BCUT2D eigenvalue weighted by Gasteiger charge is 2.42. The first-order chi connectivity index (χ1) is 19.7. The summed E-state index contributed by atoms with van der Waals surface area (Å²) in [5.41, 5.74) is 3.50. The number of hydrogen-bond acceptors (Lipinski definition) is 9. The predicted octanol–water partition coefficient (Wildman–Crippen LogP) is 4.18. The summed E-state index contributed by atoms with van der Waals surface area (Å²) in [5, 5.41) is 29.0. The molecule has 0 saturated heterocycles. The summed E-state index contributed by atoms with van der Waals surface area (Å²) in [7, 11) is 3.83. The molecule has 0 amide bonds. The minimum atomic E-state index is -1.55. The van der Waals surface area contributed by atoms with Gasteiger partial charge in [0.1, 0.15) is 6.04 Å². The molecule has 0 saturated carbocycles. The largest absolute Gasteiger partial charge is 0.459 e. The highest BCUT2D eigenvalue weighted by atomic mass is 35.5. The molecule has 2 aliphatic heterocycles. The molecule has 1 aromatic heterocycles. The van der Waals surface area contributed by atoms with Crippen LogP contribution in [0.25, 0.3) is 0 Å². The lowest BCUT2D eigenvalue weighted by Gasteiger charge is -2.37. The Bertz CT molecular complexity index is 1650. The van der Waals surface area contributed by atoms with Crippen molar-refractivity contribution in [1.82, 2.24) is 30.4 Å². The van der Waals surface area contributed by atoms with Crippen LogP contribution in [-0.4, -0.2) is 63.1 Å². The summed E-state index contributed by atoms with van der Waals surface area (Å²) in [5.74, 6) is 0.184. The molecule has 3 heterocycles. The number of ether oxygens (including phenoxy) is 1. The Labute approximate surface area is 242 Å². The molecule has 210 valence electrons. The molecule has 2 N–H and O–H groups in total. The number of likely N-dealkylation sites (N-methyl/N-ethyl adjacent to an activating group) is 1. The molecule has 0 aliphatic carbocycles. The number of nitrogens with zero attached hydrogens (tertiary/aromatic N) is 6. The van der Waals surface area contributed by atoms with E-state index >= 15 is 0 Å². The number of rotatable bonds is 6. The van der Waals surface area contributed by atoms with Crippen LogP contribution in [0.3, 0.4) is 0 Å². The number of aliphatic hydroxyl groups is 1. The molecule has 3 aromatic carbocycles. The SMILES string of the molecule is CC(C)OC(=O)c1ccc(C(O)(C2=CNCN2C)c2ccc3c(c2)C(c2cccc(Cl)c2)n2nnnc2N3C)cc1. The lowest BCUT2D eigenvalue weighted by Crippen LogP contribution is -2.37. The van der Waals surface area contributed by atoms with Crippen molar-refractivity contribution in [2.45, 2.75) is 31.6 Å². The number of nitrogens with one attached hydrogen (secondary N) is 1. The van der Waals surface area contributed by atoms with Gasteiger partial charge in [-0.1, -0.05) is 47.0 Å². The van der Waals surface area contributed by atoms with Gasteiger partial charge in [0.2, 0.25) is 0 Å². The van der Waals surface area contributed by atoms with Gasteiger partial charge >= 0.3 is 5.97 Å². The number of carbonyl (C=O) groups is 1. The molecule has 4 aromatic rings. The fourth-order valence-corrected chi connectivity index (χ4v) is 5.76. The van der Waals surface area contributed by atoms with Crippen LogP contribution >= 0.6 is 11.6 Å². The van der Waals surface area contributed by atoms with E-state index in [2.05, 4.69) is 20.8 Å². The van der Waals surface area contributed by atoms with E-state index in [-0.39, 0.29) is 12.1 Å². The molecule has 2 unspecified atom stereocenters. The molecule has 10 nitrogen and oxygen atoms in total. The summed E-state index contributed by atoms with van der Waals surface area (Å²) in [6.45, 7) is 4.16. The molecule has 2 aliphatic rings. The Hall–Kier alpha value is -4.41. The maximum atomic E-state index is 12.7. The number of halogens is 1. The van der Waals surface area contributed by atoms with Crippen molar-refractivity contribution in [3.05, 3.63) is 111 Å². The molecular weight excluding hydrogens is 542 g/mol. The van der Waals surface area contributed by atoms with Crippen LogP contribution in [0.5, 0.6) is 0 Å². The van der Waals surface area contributed by atoms with E-state index in [0.717, 1.165) is 16.8 Å². The summed E-state index contributed by atoms with van der Waals surface area (Å²) >= 11 is 6.41. The fourth-order valence-electron chi connectivity index (χ4n) is 5.57. The molecule has 0 bridgehead atoms. The van der Waals surface area contributed by atoms with Crippen molar-refractivity contribution in [3.63, 3.8) is 0 Å². The zero-order valence-corrected chi connectivity index (χ0v) is 23.9. The Morgan fingerprint density at radius 1 is 1.10 bits per heavy atom. The van der Waals surface area contributed by atoms with Gasteiger partial charge in [-0.05, 0) is 77.4 Å². The smallest absolute Gasteiger partial charge is 0.338 e. The van der Waals surface area contributed by atoms with Crippen LogP contribution in [0, 0.1) is 0 Å². The van der Waals surface area contributed by atoms with Crippen LogP contribution in [0.1, 0.15) is 52.5 Å². The lowest BCUT2D eigenvalue weighted by atomic mass is 9.81. The van der Waals surface area contributed by atoms with Crippen molar-refractivity contribution in [3.8, 4) is 0 Å². The minimum absolute atomic E-state index is 0.232. The van der Waals surface area contributed by atoms with Gasteiger partial charge in [-0.2, -0.15) is 4.68 Å². The van der Waals surface area contributed by atoms with Crippen molar-refractivity contribution < 1.29 is 14.6 Å². The van der Waals surface area contributed by atoms with Gasteiger partial charge in [0.25, 0.3) is 5.95 Å². The average Bonchev–Trinajstić information content (AvgIpc) is 3.62. The quantitative estimate of drug-likeness (QED) is 0.329. The van der Waals surface area contributed by atoms with E-state index in [1.807, 2.05) is 86.4 Å². The Kier molecular flexibility index (Phi) is 6.67. The number of benzene rings is 3. The average molecular weight is 572 g/mol. The summed E-state index contributed by atoms with van der Waals surface area (Å²) in [4.78, 5) is 16.4. The van der Waals surface area contributed by atoms with Crippen LogP contribution in [0.4, 0.5) is 11.6 Å². The van der Waals surface area contributed by atoms with Crippen molar-refractivity contribution >= 4 is 29.2 Å². The number of esters is 1. The van der Waals surface area contributed by atoms with Crippen LogP contribution < -0.4 is 10.2 Å². The summed E-state index contributed by atoms with van der Waals surface area (Å²) < 4.78 is 7.11. The van der Waals surface area contributed by atoms with Crippen molar-refractivity contribution in [1.29, 1.82) is 0 Å². The fraction of sp³-hybridized carbons (Fsp3) is 0.267. The van der Waals surface area contributed by atoms with Gasteiger partial charge in [0, 0.05) is 36.6 Å². The van der Waals surface area contributed by atoms with Crippen molar-refractivity contribution in [2.24, 2.45) is 0 Å².